The summed E-state index contributed by atoms with van der Waals surface area (Å²) in [6, 6.07) is 18.2. The van der Waals surface area contributed by atoms with E-state index in [2.05, 4.69) is 39.6 Å². The third-order valence-corrected chi connectivity index (χ3v) is 6.09. The van der Waals surface area contributed by atoms with E-state index in [1.165, 1.54) is 17.3 Å². The number of para-hydroxylation sites is 1. The van der Waals surface area contributed by atoms with Gasteiger partial charge in [-0.2, -0.15) is 0 Å². The summed E-state index contributed by atoms with van der Waals surface area (Å²) in [5, 5.41) is 12.4. The van der Waals surface area contributed by atoms with Crippen molar-refractivity contribution in [2.75, 3.05) is 6.54 Å². The fourth-order valence-corrected chi connectivity index (χ4v) is 4.12. The number of benzene rings is 2. The molecule has 0 aliphatic carbocycles. The van der Waals surface area contributed by atoms with Crippen molar-refractivity contribution in [3.63, 3.8) is 0 Å². The number of nitrogens with one attached hydrogen (secondary N) is 2. The van der Waals surface area contributed by atoms with Crippen molar-refractivity contribution in [1.29, 1.82) is 0 Å². The number of hydrogen-bond donors (Lipinski definition) is 2. The van der Waals surface area contributed by atoms with Crippen LogP contribution in [0.2, 0.25) is 0 Å². The SMILES string of the molecule is CC[C@H](CNC(=O)[C@@H](C)Sc1nnc(-c2c[nH]c3ccccc23)o1)c1ccccc1. The highest BCUT2D eigenvalue weighted by Crippen LogP contribution is 2.30. The number of amides is 1. The summed E-state index contributed by atoms with van der Waals surface area (Å²) in [5.74, 6) is 0.697. The average molecular weight is 421 g/mol. The summed E-state index contributed by atoms with van der Waals surface area (Å²) in [4.78, 5) is 15.8. The normalized spacial score (nSPS) is 13.3. The summed E-state index contributed by atoms with van der Waals surface area (Å²) >= 11 is 1.27. The van der Waals surface area contributed by atoms with Gasteiger partial charge in [-0.25, -0.2) is 0 Å². The van der Waals surface area contributed by atoms with Gasteiger partial charge in [0.15, 0.2) is 0 Å². The van der Waals surface area contributed by atoms with Gasteiger partial charge < -0.3 is 14.7 Å². The highest BCUT2D eigenvalue weighted by atomic mass is 32.2. The lowest BCUT2D eigenvalue weighted by atomic mass is 9.96. The second-order valence-electron chi connectivity index (χ2n) is 7.14. The molecule has 2 N–H and O–H groups in total. The van der Waals surface area contributed by atoms with Gasteiger partial charge in [-0.15, -0.1) is 10.2 Å². The van der Waals surface area contributed by atoms with Gasteiger partial charge in [0.25, 0.3) is 11.1 Å². The molecule has 0 bridgehead atoms. The van der Waals surface area contributed by atoms with Crippen molar-refractivity contribution in [2.24, 2.45) is 0 Å². The third-order valence-electron chi connectivity index (χ3n) is 5.16. The Balaban J connectivity index is 1.37. The average Bonchev–Trinajstić information content (AvgIpc) is 3.41. The number of rotatable bonds is 8. The molecule has 0 aliphatic heterocycles. The van der Waals surface area contributed by atoms with Crippen molar-refractivity contribution in [1.82, 2.24) is 20.5 Å². The Hall–Kier alpha value is -3.06. The Labute approximate surface area is 179 Å². The van der Waals surface area contributed by atoms with Gasteiger partial charge in [-0.1, -0.05) is 67.2 Å². The van der Waals surface area contributed by atoms with Crippen LogP contribution >= 0.6 is 11.8 Å². The molecule has 0 unspecified atom stereocenters. The minimum Gasteiger partial charge on any atom is -0.411 e. The molecule has 30 heavy (non-hydrogen) atoms. The molecule has 0 radical (unpaired) electrons. The van der Waals surface area contributed by atoms with Crippen LogP contribution in [0.3, 0.4) is 0 Å². The highest BCUT2D eigenvalue weighted by molar-refractivity contribution is 8.00. The van der Waals surface area contributed by atoms with Crippen LogP contribution in [-0.4, -0.2) is 32.9 Å². The molecule has 2 atom stereocenters. The number of H-pyrrole nitrogens is 1. The Bertz CT molecular complexity index is 1120. The van der Waals surface area contributed by atoms with Crippen LogP contribution in [-0.2, 0) is 4.79 Å². The molecular weight excluding hydrogens is 396 g/mol. The van der Waals surface area contributed by atoms with E-state index in [1.54, 1.807) is 0 Å². The summed E-state index contributed by atoms with van der Waals surface area (Å²) in [7, 11) is 0. The first kappa shape index (κ1) is 20.2. The van der Waals surface area contributed by atoms with E-state index in [1.807, 2.05) is 55.6 Å². The first-order valence-electron chi connectivity index (χ1n) is 10.0. The molecule has 0 aliphatic rings. The third kappa shape index (κ3) is 4.41. The smallest absolute Gasteiger partial charge is 0.277 e. The van der Waals surface area contributed by atoms with E-state index in [-0.39, 0.29) is 11.2 Å². The molecule has 6 nitrogen and oxygen atoms in total. The molecular formula is C23H24N4O2S. The van der Waals surface area contributed by atoms with Crippen molar-refractivity contribution >= 4 is 28.6 Å². The lowest BCUT2D eigenvalue weighted by Gasteiger charge is -2.17. The van der Waals surface area contributed by atoms with Crippen LogP contribution in [0.5, 0.6) is 0 Å². The quantitative estimate of drug-likeness (QED) is 0.392. The van der Waals surface area contributed by atoms with E-state index in [9.17, 15) is 4.79 Å². The molecule has 154 valence electrons. The van der Waals surface area contributed by atoms with E-state index >= 15 is 0 Å². The molecule has 0 fully saturated rings. The Morgan fingerprint density at radius 3 is 2.70 bits per heavy atom. The van der Waals surface area contributed by atoms with Gasteiger partial charge in [-0.3, -0.25) is 4.79 Å². The number of carbonyl (C=O) groups is 1. The van der Waals surface area contributed by atoms with Crippen LogP contribution in [0.4, 0.5) is 0 Å². The van der Waals surface area contributed by atoms with Gasteiger partial charge in [0, 0.05) is 29.6 Å². The number of fused-ring (bicyclic) bond motifs is 1. The summed E-state index contributed by atoms with van der Waals surface area (Å²) in [5.41, 5.74) is 3.10. The van der Waals surface area contributed by atoms with Gasteiger partial charge >= 0.3 is 0 Å². The number of carbonyl (C=O) groups excluding carboxylic acids is 1. The second-order valence-corrected chi connectivity index (χ2v) is 8.43. The van der Waals surface area contributed by atoms with Crippen molar-refractivity contribution in [3.8, 4) is 11.5 Å². The predicted molar refractivity (Wildman–Crippen MR) is 119 cm³/mol. The van der Waals surface area contributed by atoms with Crippen LogP contribution in [0, 0.1) is 0 Å². The second kappa shape index (κ2) is 9.17. The number of nitrogens with zero attached hydrogens (tertiary/aromatic N) is 2. The zero-order valence-corrected chi connectivity index (χ0v) is 17.8. The Kier molecular flexibility index (Phi) is 6.18. The van der Waals surface area contributed by atoms with Crippen molar-refractivity contribution in [2.45, 2.75) is 36.7 Å². The molecule has 0 saturated heterocycles. The minimum atomic E-state index is -0.338. The van der Waals surface area contributed by atoms with Crippen molar-refractivity contribution in [3.05, 3.63) is 66.4 Å². The molecule has 0 saturated carbocycles. The maximum atomic E-state index is 12.6. The largest absolute Gasteiger partial charge is 0.411 e. The van der Waals surface area contributed by atoms with Gasteiger partial charge in [0.2, 0.25) is 5.91 Å². The summed E-state index contributed by atoms with van der Waals surface area (Å²) in [6.07, 6.45) is 2.82. The van der Waals surface area contributed by atoms with Crippen LogP contribution in [0.25, 0.3) is 22.4 Å². The molecule has 2 aromatic carbocycles. The van der Waals surface area contributed by atoms with Gasteiger partial charge in [-0.05, 0) is 25.0 Å². The molecule has 2 heterocycles. The summed E-state index contributed by atoms with van der Waals surface area (Å²) < 4.78 is 5.81. The lowest BCUT2D eigenvalue weighted by molar-refractivity contribution is -0.120. The van der Waals surface area contributed by atoms with Crippen LogP contribution in [0.1, 0.15) is 31.7 Å². The van der Waals surface area contributed by atoms with E-state index in [0.29, 0.717) is 23.6 Å². The molecule has 2 aromatic heterocycles. The fourth-order valence-electron chi connectivity index (χ4n) is 3.41. The van der Waals surface area contributed by atoms with E-state index in [4.69, 9.17) is 4.42 Å². The van der Waals surface area contributed by atoms with Crippen LogP contribution < -0.4 is 5.32 Å². The molecule has 4 rings (SSSR count). The molecule has 1 amide bonds. The predicted octanol–water partition coefficient (Wildman–Crippen LogP) is 5.01. The molecule has 4 aromatic rings. The lowest BCUT2D eigenvalue weighted by Crippen LogP contribution is -2.34. The highest BCUT2D eigenvalue weighted by Gasteiger charge is 2.20. The van der Waals surface area contributed by atoms with Gasteiger partial charge in [0.05, 0.1) is 10.8 Å². The topological polar surface area (TPSA) is 83.8 Å². The Morgan fingerprint density at radius 2 is 1.90 bits per heavy atom. The Morgan fingerprint density at radius 1 is 1.13 bits per heavy atom. The number of aromatic amines is 1. The molecule has 7 heteroatoms. The fraction of sp³-hybridized carbons (Fsp3) is 0.261. The van der Waals surface area contributed by atoms with Gasteiger partial charge in [0.1, 0.15) is 0 Å². The number of thioether (sulfide) groups is 1. The first-order chi connectivity index (χ1) is 14.7. The number of hydrogen-bond acceptors (Lipinski definition) is 5. The van der Waals surface area contributed by atoms with E-state index in [0.717, 1.165) is 22.9 Å². The van der Waals surface area contributed by atoms with Crippen molar-refractivity contribution < 1.29 is 9.21 Å². The molecule has 0 spiro atoms. The first-order valence-corrected chi connectivity index (χ1v) is 10.9. The van der Waals surface area contributed by atoms with E-state index < -0.39 is 0 Å². The zero-order valence-electron chi connectivity index (χ0n) is 17.0. The maximum Gasteiger partial charge on any atom is 0.277 e. The number of aromatic nitrogens is 3. The minimum absolute atomic E-state index is 0.0405. The maximum absolute atomic E-state index is 12.6. The zero-order chi connectivity index (χ0) is 20.9. The standard InChI is InChI=1S/C23H24N4O2S/c1-3-16(17-9-5-4-6-10-17)13-25-21(28)15(2)30-23-27-26-22(29-23)19-14-24-20-12-8-7-11-18(19)20/h4-12,14-16,24H,3,13H2,1-2H3,(H,25,28)/t15-,16-/m1/s1. The summed E-state index contributed by atoms with van der Waals surface area (Å²) in [6.45, 7) is 4.58. The monoisotopic (exact) mass is 420 g/mol. The van der Waals surface area contributed by atoms with Crippen LogP contribution in [0.15, 0.2) is 70.4 Å².